The minimum Gasteiger partial charge on any atom is -0.478 e. The summed E-state index contributed by atoms with van der Waals surface area (Å²) >= 11 is 0. The Labute approximate surface area is 96.0 Å². The summed E-state index contributed by atoms with van der Waals surface area (Å²) in [6.07, 6.45) is -4.75. The number of alkyl halides is 3. The Balaban J connectivity index is 3.66. The van der Waals surface area contributed by atoms with Crippen LogP contribution in [0.4, 0.5) is 13.2 Å². The molecule has 0 radical (unpaired) electrons. The molecule has 0 saturated heterocycles. The van der Waals surface area contributed by atoms with E-state index in [1.54, 1.807) is 0 Å². The molecular weight excluding hydrogens is 237 g/mol. The number of hydrogen-bond donors (Lipinski definition) is 1. The van der Waals surface area contributed by atoms with Crippen molar-refractivity contribution in [2.45, 2.75) is 39.4 Å². The molecule has 1 heterocycles. The van der Waals surface area contributed by atoms with Crippen molar-refractivity contribution in [3.05, 3.63) is 17.0 Å². The van der Waals surface area contributed by atoms with Crippen molar-refractivity contribution in [2.24, 2.45) is 0 Å². The maximum Gasteiger partial charge on any atom is 0.433 e. The van der Waals surface area contributed by atoms with E-state index < -0.39 is 28.9 Å². The molecule has 0 bridgehead atoms. The first kappa shape index (κ1) is 13.5. The molecule has 0 fully saturated rings. The number of hydrogen-bond acceptors (Lipinski definition) is 2. The van der Waals surface area contributed by atoms with Crippen molar-refractivity contribution in [1.82, 2.24) is 9.78 Å². The smallest absolute Gasteiger partial charge is 0.433 e. The molecule has 96 valence electrons. The van der Waals surface area contributed by atoms with Crippen LogP contribution in [0.1, 0.15) is 42.5 Å². The zero-order chi connectivity index (χ0) is 13.6. The molecule has 17 heavy (non-hydrogen) atoms. The van der Waals surface area contributed by atoms with Gasteiger partial charge in [0.05, 0.1) is 11.2 Å². The minimum absolute atomic E-state index is 0.139. The number of rotatable bonds is 1. The Morgan fingerprint density at radius 1 is 1.29 bits per heavy atom. The summed E-state index contributed by atoms with van der Waals surface area (Å²) in [4.78, 5) is 10.9. The molecule has 0 saturated carbocycles. The molecule has 0 amide bonds. The van der Waals surface area contributed by atoms with Crippen LogP contribution >= 0.6 is 0 Å². The molecule has 4 nitrogen and oxygen atoms in total. The van der Waals surface area contributed by atoms with Crippen molar-refractivity contribution < 1.29 is 23.1 Å². The van der Waals surface area contributed by atoms with Gasteiger partial charge in [-0.15, -0.1) is 0 Å². The van der Waals surface area contributed by atoms with Gasteiger partial charge < -0.3 is 5.11 Å². The number of carbonyl (C=O) groups is 1. The molecule has 1 aromatic heterocycles. The minimum atomic E-state index is -4.75. The number of aromatic nitrogens is 2. The standard InChI is InChI=1S/C10H13F3N2O2/c1-5-6(8(16)17)7(10(11,12)13)15(14-5)9(2,3)4/h1-4H3,(H,16,17). The van der Waals surface area contributed by atoms with E-state index in [4.69, 9.17) is 5.11 Å². The highest BCUT2D eigenvalue weighted by Gasteiger charge is 2.43. The van der Waals surface area contributed by atoms with Crippen LogP contribution in [0.5, 0.6) is 0 Å². The predicted molar refractivity (Wildman–Crippen MR) is 53.9 cm³/mol. The normalized spacial score (nSPS) is 12.9. The predicted octanol–water partition coefficient (Wildman–Crippen LogP) is 2.66. The molecule has 0 aliphatic rings. The number of aryl methyl sites for hydroxylation is 1. The summed E-state index contributed by atoms with van der Waals surface area (Å²) in [5.41, 5.74) is -3.08. The second-order valence-corrected chi connectivity index (χ2v) is 4.69. The van der Waals surface area contributed by atoms with Gasteiger partial charge in [-0.1, -0.05) is 0 Å². The van der Waals surface area contributed by atoms with E-state index in [9.17, 15) is 18.0 Å². The summed E-state index contributed by atoms with van der Waals surface area (Å²) < 4.78 is 39.4. The lowest BCUT2D eigenvalue weighted by Gasteiger charge is -2.23. The van der Waals surface area contributed by atoms with Crippen molar-refractivity contribution in [3.8, 4) is 0 Å². The third-order valence-electron chi connectivity index (χ3n) is 2.18. The Kier molecular flexibility index (Phi) is 2.98. The summed E-state index contributed by atoms with van der Waals surface area (Å²) in [5, 5.41) is 12.5. The van der Waals surface area contributed by atoms with E-state index >= 15 is 0 Å². The second-order valence-electron chi connectivity index (χ2n) is 4.69. The maximum absolute atomic E-state index is 12.9. The van der Waals surface area contributed by atoms with Crippen molar-refractivity contribution in [2.75, 3.05) is 0 Å². The lowest BCUT2D eigenvalue weighted by atomic mass is 10.1. The molecule has 0 atom stereocenters. The molecule has 1 aromatic rings. The Morgan fingerprint density at radius 3 is 2.06 bits per heavy atom. The molecule has 0 unspecified atom stereocenters. The van der Waals surface area contributed by atoms with Gasteiger partial charge in [0.15, 0.2) is 5.69 Å². The lowest BCUT2D eigenvalue weighted by Crippen LogP contribution is -2.29. The summed E-state index contributed by atoms with van der Waals surface area (Å²) in [5.74, 6) is -1.62. The largest absolute Gasteiger partial charge is 0.478 e. The third-order valence-corrected chi connectivity index (χ3v) is 2.18. The van der Waals surface area contributed by atoms with Gasteiger partial charge in [0.1, 0.15) is 5.56 Å². The fraction of sp³-hybridized carbons (Fsp3) is 0.600. The molecule has 0 aliphatic carbocycles. The van der Waals surface area contributed by atoms with Crippen LogP contribution in [0.15, 0.2) is 0 Å². The van der Waals surface area contributed by atoms with E-state index in [2.05, 4.69) is 5.10 Å². The molecule has 0 aromatic carbocycles. The van der Waals surface area contributed by atoms with E-state index in [1.165, 1.54) is 27.7 Å². The number of halogens is 3. The first-order valence-corrected chi connectivity index (χ1v) is 4.87. The second kappa shape index (κ2) is 3.75. The third kappa shape index (κ3) is 2.42. The SMILES string of the molecule is Cc1nn(C(C)(C)C)c(C(F)(F)F)c1C(=O)O. The zero-order valence-electron chi connectivity index (χ0n) is 9.88. The van der Waals surface area contributed by atoms with Gasteiger partial charge in [0.25, 0.3) is 0 Å². The van der Waals surface area contributed by atoms with E-state index in [0.29, 0.717) is 4.68 Å². The fourth-order valence-corrected chi connectivity index (χ4v) is 1.53. The number of aromatic carboxylic acids is 1. The topological polar surface area (TPSA) is 55.1 Å². The van der Waals surface area contributed by atoms with Gasteiger partial charge in [0.2, 0.25) is 0 Å². The first-order chi connectivity index (χ1) is 7.46. The quantitative estimate of drug-likeness (QED) is 0.833. The van der Waals surface area contributed by atoms with Gasteiger partial charge in [0, 0.05) is 0 Å². The highest BCUT2D eigenvalue weighted by molar-refractivity contribution is 5.90. The molecule has 1 N–H and O–H groups in total. The van der Waals surface area contributed by atoms with Gasteiger partial charge >= 0.3 is 12.1 Å². The van der Waals surface area contributed by atoms with E-state index in [0.717, 1.165) is 0 Å². The number of nitrogens with zero attached hydrogens (tertiary/aromatic N) is 2. The lowest BCUT2D eigenvalue weighted by molar-refractivity contribution is -0.146. The highest BCUT2D eigenvalue weighted by atomic mass is 19.4. The summed E-state index contributed by atoms with van der Waals surface area (Å²) in [6.45, 7) is 5.84. The van der Waals surface area contributed by atoms with Gasteiger partial charge in [-0.2, -0.15) is 18.3 Å². The van der Waals surface area contributed by atoms with Crippen LogP contribution in [-0.2, 0) is 11.7 Å². The van der Waals surface area contributed by atoms with Crippen LogP contribution in [0.2, 0.25) is 0 Å². The van der Waals surface area contributed by atoms with Crippen molar-refractivity contribution in [1.29, 1.82) is 0 Å². The van der Waals surface area contributed by atoms with Crippen LogP contribution in [-0.4, -0.2) is 20.9 Å². The van der Waals surface area contributed by atoms with Gasteiger partial charge in [-0.25, -0.2) is 4.79 Å². The molecule has 1 rings (SSSR count). The maximum atomic E-state index is 12.9. The van der Waals surface area contributed by atoms with E-state index in [1.807, 2.05) is 0 Å². The Morgan fingerprint density at radius 2 is 1.76 bits per heavy atom. The first-order valence-electron chi connectivity index (χ1n) is 4.87. The van der Waals surface area contributed by atoms with Crippen LogP contribution in [0, 0.1) is 6.92 Å². The van der Waals surface area contributed by atoms with E-state index in [-0.39, 0.29) is 5.69 Å². The zero-order valence-corrected chi connectivity index (χ0v) is 9.88. The Bertz CT molecular complexity index is 455. The van der Waals surface area contributed by atoms with Crippen molar-refractivity contribution in [3.63, 3.8) is 0 Å². The summed E-state index contributed by atoms with van der Waals surface area (Å²) in [7, 11) is 0. The molecular formula is C10H13F3N2O2. The average molecular weight is 250 g/mol. The monoisotopic (exact) mass is 250 g/mol. The van der Waals surface area contributed by atoms with Crippen LogP contribution in [0.3, 0.4) is 0 Å². The highest BCUT2D eigenvalue weighted by Crippen LogP contribution is 2.36. The van der Waals surface area contributed by atoms with Crippen LogP contribution in [0.25, 0.3) is 0 Å². The average Bonchev–Trinajstić information content (AvgIpc) is 2.40. The van der Waals surface area contributed by atoms with Gasteiger partial charge in [-0.05, 0) is 27.7 Å². The number of carboxylic acids is 1. The molecule has 7 heteroatoms. The molecule has 0 aliphatic heterocycles. The summed E-state index contributed by atoms with van der Waals surface area (Å²) in [6, 6.07) is 0. The fourth-order valence-electron chi connectivity index (χ4n) is 1.53. The van der Waals surface area contributed by atoms with Gasteiger partial charge in [-0.3, -0.25) is 4.68 Å². The van der Waals surface area contributed by atoms with Crippen molar-refractivity contribution >= 4 is 5.97 Å². The molecule has 0 spiro atoms. The Hall–Kier alpha value is -1.53. The van der Waals surface area contributed by atoms with Crippen LogP contribution < -0.4 is 0 Å². The number of carboxylic acid groups (broad SMARTS) is 1.